The highest BCUT2D eigenvalue weighted by atomic mass is 35.5. The van der Waals surface area contributed by atoms with Crippen LogP contribution in [-0.2, 0) is 0 Å². The summed E-state index contributed by atoms with van der Waals surface area (Å²) in [6.07, 6.45) is 2.85. The van der Waals surface area contributed by atoms with Gasteiger partial charge in [0.25, 0.3) is 5.91 Å². The minimum absolute atomic E-state index is 0.211. The number of benzene rings is 1. The molecule has 1 aromatic carbocycles. The summed E-state index contributed by atoms with van der Waals surface area (Å²) in [6, 6.07) is 5.55. The fraction of sp³-hybridized carbons (Fsp3) is 0. The summed E-state index contributed by atoms with van der Waals surface area (Å²) < 4.78 is 0. The van der Waals surface area contributed by atoms with Crippen LogP contribution in [0.15, 0.2) is 36.7 Å². The molecular formula is C12H9ClN2O3. The number of hydrogen-bond acceptors (Lipinski definition) is 4. The van der Waals surface area contributed by atoms with Gasteiger partial charge >= 0.3 is 0 Å². The van der Waals surface area contributed by atoms with E-state index >= 15 is 0 Å². The first-order valence-electron chi connectivity index (χ1n) is 5.01. The quantitative estimate of drug-likeness (QED) is 0.778. The van der Waals surface area contributed by atoms with Gasteiger partial charge in [0.2, 0.25) is 0 Å². The number of nitrogens with one attached hydrogen (secondary N) is 1. The number of halogens is 1. The van der Waals surface area contributed by atoms with Crippen LogP contribution in [0.3, 0.4) is 0 Å². The largest absolute Gasteiger partial charge is 0.507 e. The van der Waals surface area contributed by atoms with Gasteiger partial charge in [-0.3, -0.25) is 9.78 Å². The lowest BCUT2D eigenvalue weighted by molar-refractivity contribution is 0.102. The smallest absolute Gasteiger partial charge is 0.263 e. The molecule has 2 rings (SSSR count). The summed E-state index contributed by atoms with van der Waals surface area (Å²) >= 11 is 5.86. The second kappa shape index (κ2) is 4.93. The maximum atomic E-state index is 11.9. The van der Waals surface area contributed by atoms with Crippen molar-refractivity contribution in [3.63, 3.8) is 0 Å². The van der Waals surface area contributed by atoms with Crippen molar-refractivity contribution < 1.29 is 15.0 Å². The highest BCUT2D eigenvalue weighted by Gasteiger charge is 2.16. The number of anilines is 1. The Hall–Kier alpha value is -2.27. The first kappa shape index (κ1) is 12.2. The van der Waals surface area contributed by atoms with Gasteiger partial charge in [-0.1, -0.05) is 17.7 Å². The summed E-state index contributed by atoms with van der Waals surface area (Å²) in [4.78, 5) is 15.7. The third kappa shape index (κ3) is 2.36. The molecule has 0 aliphatic rings. The number of pyridine rings is 1. The molecule has 0 spiro atoms. The van der Waals surface area contributed by atoms with Gasteiger partial charge in [0.1, 0.15) is 17.1 Å². The Kier molecular flexibility index (Phi) is 3.34. The predicted octanol–water partition coefficient (Wildman–Crippen LogP) is 2.40. The van der Waals surface area contributed by atoms with E-state index in [4.69, 9.17) is 11.6 Å². The van der Waals surface area contributed by atoms with Crippen LogP contribution in [0.1, 0.15) is 10.4 Å². The number of aromatic nitrogens is 1. The average Bonchev–Trinajstić information content (AvgIpc) is 2.32. The molecule has 0 bridgehead atoms. The number of nitrogens with zero attached hydrogens (tertiary/aromatic N) is 1. The molecule has 0 saturated heterocycles. The summed E-state index contributed by atoms with van der Waals surface area (Å²) in [5, 5.41) is 21.8. The van der Waals surface area contributed by atoms with Gasteiger partial charge in [0, 0.05) is 6.20 Å². The number of hydrogen-bond donors (Lipinski definition) is 3. The van der Waals surface area contributed by atoms with Crippen molar-refractivity contribution in [1.82, 2.24) is 4.98 Å². The molecule has 92 valence electrons. The van der Waals surface area contributed by atoms with Crippen molar-refractivity contribution in [3.05, 3.63) is 47.2 Å². The molecule has 0 unspecified atom stereocenters. The highest BCUT2D eigenvalue weighted by Crippen LogP contribution is 2.28. The number of phenols is 2. The van der Waals surface area contributed by atoms with Gasteiger partial charge in [-0.05, 0) is 18.2 Å². The van der Waals surface area contributed by atoms with Gasteiger partial charge in [-0.25, -0.2) is 0 Å². The predicted molar refractivity (Wildman–Crippen MR) is 67.0 cm³/mol. The minimum atomic E-state index is -0.666. The Morgan fingerprint density at radius 3 is 2.50 bits per heavy atom. The molecule has 1 aromatic heterocycles. The molecule has 0 aliphatic carbocycles. The zero-order valence-electron chi connectivity index (χ0n) is 9.09. The molecule has 1 amide bonds. The van der Waals surface area contributed by atoms with Crippen LogP contribution < -0.4 is 5.32 Å². The van der Waals surface area contributed by atoms with Crippen LogP contribution in [0.25, 0.3) is 0 Å². The van der Waals surface area contributed by atoms with Gasteiger partial charge in [0.05, 0.1) is 16.9 Å². The van der Waals surface area contributed by atoms with Crippen molar-refractivity contribution in [2.45, 2.75) is 0 Å². The topological polar surface area (TPSA) is 82.5 Å². The van der Waals surface area contributed by atoms with Crippen LogP contribution in [0.4, 0.5) is 5.69 Å². The first-order valence-corrected chi connectivity index (χ1v) is 5.39. The Morgan fingerprint density at radius 1 is 1.22 bits per heavy atom. The second-order valence-corrected chi connectivity index (χ2v) is 3.89. The van der Waals surface area contributed by atoms with Crippen LogP contribution in [0.5, 0.6) is 11.5 Å². The lowest BCUT2D eigenvalue weighted by Crippen LogP contribution is -2.12. The number of phenolic OH excluding ortho intramolecular Hbond substituents is 2. The monoisotopic (exact) mass is 264 g/mol. The first-order chi connectivity index (χ1) is 8.59. The molecule has 0 atom stereocenters. The van der Waals surface area contributed by atoms with Gasteiger partial charge in [0.15, 0.2) is 0 Å². The van der Waals surface area contributed by atoms with Crippen molar-refractivity contribution in [3.8, 4) is 11.5 Å². The molecule has 3 N–H and O–H groups in total. The molecule has 1 heterocycles. The lowest BCUT2D eigenvalue weighted by Gasteiger charge is -2.08. The maximum absolute atomic E-state index is 11.9. The van der Waals surface area contributed by atoms with Crippen LogP contribution in [-0.4, -0.2) is 21.1 Å². The Morgan fingerprint density at radius 2 is 1.89 bits per heavy atom. The van der Waals surface area contributed by atoms with E-state index in [9.17, 15) is 15.0 Å². The number of carbonyl (C=O) groups is 1. The summed E-state index contributed by atoms with van der Waals surface area (Å²) in [5.41, 5.74) is 0.0873. The molecule has 5 nitrogen and oxygen atoms in total. The molecule has 18 heavy (non-hydrogen) atoms. The zero-order chi connectivity index (χ0) is 13.1. The van der Waals surface area contributed by atoms with E-state index in [2.05, 4.69) is 10.3 Å². The van der Waals surface area contributed by atoms with E-state index in [0.29, 0.717) is 10.7 Å². The SMILES string of the molecule is O=C(Nc1cnccc1Cl)c1c(O)cccc1O. The third-order valence-corrected chi connectivity index (χ3v) is 2.59. The zero-order valence-corrected chi connectivity index (χ0v) is 9.85. The average molecular weight is 265 g/mol. The number of amides is 1. The summed E-state index contributed by atoms with van der Waals surface area (Å²) in [5.74, 6) is -1.29. The maximum Gasteiger partial charge on any atom is 0.263 e. The van der Waals surface area contributed by atoms with E-state index in [0.717, 1.165) is 0 Å². The van der Waals surface area contributed by atoms with E-state index in [-0.39, 0.29) is 17.1 Å². The molecule has 2 aromatic rings. The number of aromatic hydroxyl groups is 2. The van der Waals surface area contributed by atoms with Gasteiger partial charge < -0.3 is 15.5 Å². The van der Waals surface area contributed by atoms with Gasteiger partial charge in [-0.2, -0.15) is 0 Å². The summed E-state index contributed by atoms with van der Waals surface area (Å²) in [7, 11) is 0. The second-order valence-electron chi connectivity index (χ2n) is 3.48. The van der Waals surface area contributed by atoms with Crippen LogP contribution in [0.2, 0.25) is 5.02 Å². The van der Waals surface area contributed by atoms with E-state index in [1.807, 2.05) is 0 Å². The van der Waals surface area contributed by atoms with Gasteiger partial charge in [-0.15, -0.1) is 0 Å². The van der Waals surface area contributed by atoms with E-state index in [1.165, 1.54) is 36.7 Å². The molecular weight excluding hydrogens is 256 g/mol. The normalized spacial score (nSPS) is 10.1. The Labute approximate surface area is 108 Å². The molecule has 0 radical (unpaired) electrons. The number of carbonyl (C=O) groups excluding carboxylic acids is 1. The summed E-state index contributed by atoms with van der Waals surface area (Å²) in [6.45, 7) is 0. The Bertz CT molecular complexity index is 581. The van der Waals surface area contributed by atoms with Crippen LogP contribution in [0, 0.1) is 0 Å². The van der Waals surface area contributed by atoms with Crippen molar-refractivity contribution >= 4 is 23.2 Å². The van der Waals surface area contributed by atoms with Crippen molar-refractivity contribution in [2.24, 2.45) is 0 Å². The molecule has 6 heteroatoms. The van der Waals surface area contributed by atoms with Crippen LogP contribution >= 0.6 is 11.6 Å². The highest BCUT2D eigenvalue weighted by molar-refractivity contribution is 6.33. The minimum Gasteiger partial charge on any atom is -0.507 e. The number of rotatable bonds is 2. The van der Waals surface area contributed by atoms with E-state index in [1.54, 1.807) is 0 Å². The standard InChI is InChI=1S/C12H9ClN2O3/c13-7-4-5-14-6-8(7)15-12(18)11-9(16)2-1-3-10(11)17/h1-6,16-17H,(H,15,18). The molecule has 0 aliphatic heterocycles. The third-order valence-electron chi connectivity index (χ3n) is 2.26. The van der Waals surface area contributed by atoms with E-state index < -0.39 is 5.91 Å². The van der Waals surface area contributed by atoms with Crippen molar-refractivity contribution in [2.75, 3.05) is 5.32 Å². The lowest BCUT2D eigenvalue weighted by atomic mass is 10.1. The fourth-order valence-corrected chi connectivity index (χ4v) is 1.57. The van der Waals surface area contributed by atoms with Crippen molar-refractivity contribution in [1.29, 1.82) is 0 Å². The fourth-order valence-electron chi connectivity index (χ4n) is 1.42. The molecule has 0 saturated carbocycles. The Balaban J connectivity index is 2.31. The molecule has 0 fully saturated rings.